The van der Waals surface area contributed by atoms with Gasteiger partial charge in [0.15, 0.2) is 12.2 Å². The number of fused-ring (bicyclic) bond motifs is 1. The Morgan fingerprint density at radius 1 is 1.43 bits per heavy atom. The van der Waals surface area contributed by atoms with Gasteiger partial charge in [-0.1, -0.05) is 38.4 Å². The second kappa shape index (κ2) is 8.53. The van der Waals surface area contributed by atoms with Gasteiger partial charge in [0.25, 0.3) is 5.91 Å². The molecule has 0 bridgehead atoms. The first kappa shape index (κ1) is 20.7. The Balaban J connectivity index is 1.72. The number of benzene rings is 1. The van der Waals surface area contributed by atoms with Crippen molar-refractivity contribution in [2.24, 2.45) is 11.3 Å². The highest BCUT2D eigenvalue weighted by molar-refractivity contribution is 6.31. The molecule has 1 aliphatic rings. The first-order chi connectivity index (χ1) is 13.3. The summed E-state index contributed by atoms with van der Waals surface area (Å²) in [6, 6.07) is 5.13. The molecule has 1 aliphatic carbocycles. The minimum absolute atomic E-state index is 0.0589. The number of amides is 1. The molecule has 1 unspecified atom stereocenters. The monoisotopic (exact) mass is 406 g/mol. The summed E-state index contributed by atoms with van der Waals surface area (Å²) in [5.74, 6) is 0.271. The van der Waals surface area contributed by atoms with Crippen LogP contribution in [0.2, 0.25) is 5.02 Å². The van der Waals surface area contributed by atoms with Crippen molar-refractivity contribution in [3.05, 3.63) is 35.0 Å². The highest BCUT2D eigenvalue weighted by atomic mass is 35.5. The van der Waals surface area contributed by atoms with E-state index < -0.39 is 0 Å². The molecule has 1 heterocycles. The van der Waals surface area contributed by atoms with Crippen LogP contribution in [0.15, 0.2) is 34.4 Å². The van der Waals surface area contributed by atoms with E-state index in [2.05, 4.69) is 31.8 Å². The van der Waals surface area contributed by atoms with Crippen molar-refractivity contribution in [3.8, 4) is 6.08 Å². The van der Waals surface area contributed by atoms with E-state index in [0.29, 0.717) is 35.2 Å². The zero-order valence-electron chi connectivity index (χ0n) is 16.8. The molecule has 0 fully saturated rings. The first-order valence-corrected chi connectivity index (χ1v) is 9.84. The summed E-state index contributed by atoms with van der Waals surface area (Å²) in [5.41, 5.74) is 2.33. The standard InChI is InChI=1S/C21H27ClN2O4/c1-14-9-16(12-21(2,3)11-14)24(7-8-26-4)19(25)13-27-20-23-17-10-15(22)5-6-18(17)28-20/h5-6,9-10,14H,7-8,11-13H2,1-4H3. The van der Waals surface area contributed by atoms with Crippen molar-refractivity contribution in [3.63, 3.8) is 0 Å². The largest absolute Gasteiger partial charge is 0.440 e. The molecule has 0 saturated heterocycles. The Bertz CT molecular complexity index is 874. The number of aromatic nitrogens is 1. The Morgan fingerprint density at radius 3 is 2.93 bits per heavy atom. The number of methoxy groups -OCH3 is 1. The molecular formula is C21H27ClN2O4. The van der Waals surface area contributed by atoms with Crippen LogP contribution in [0.3, 0.4) is 0 Å². The topological polar surface area (TPSA) is 64.8 Å². The summed E-state index contributed by atoms with van der Waals surface area (Å²) in [7, 11) is 1.63. The van der Waals surface area contributed by atoms with Crippen LogP contribution < -0.4 is 4.74 Å². The van der Waals surface area contributed by atoms with Crippen LogP contribution in [-0.4, -0.2) is 42.7 Å². The van der Waals surface area contributed by atoms with Gasteiger partial charge in [-0.05, 0) is 42.4 Å². The fourth-order valence-electron chi connectivity index (χ4n) is 3.82. The lowest BCUT2D eigenvalue weighted by Gasteiger charge is -2.37. The maximum Gasteiger partial charge on any atom is 0.395 e. The molecule has 2 aromatic rings. The van der Waals surface area contributed by atoms with E-state index in [1.165, 1.54) is 0 Å². The number of carbonyl (C=O) groups is 1. The van der Waals surface area contributed by atoms with E-state index in [0.717, 1.165) is 18.5 Å². The van der Waals surface area contributed by atoms with Crippen LogP contribution in [0.25, 0.3) is 11.1 Å². The van der Waals surface area contributed by atoms with Crippen LogP contribution in [0.4, 0.5) is 0 Å². The number of oxazole rings is 1. The summed E-state index contributed by atoms with van der Waals surface area (Å²) >= 11 is 5.96. The number of halogens is 1. The van der Waals surface area contributed by atoms with Crippen molar-refractivity contribution in [2.75, 3.05) is 26.9 Å². The number of allylic oxidation sites excluding steroid dienone is 2. The number of ether oxygens (including phenoxy) is 2. The van der Waals surface area contributed by atoms with Gasteiger partial charge in [0.1, 0.15) is 5.52 Å². The smallest absolute Gasteiger partial charge is 0.395 e. The van der Waals surface area contributed by atoms with Gasteiger partial charge in [0.2, 0.25) is 0 Å². The van der Waals surface area contributed by atoms with Crippen molar-refractivity contribution >= 4 is 28.6 Å². The lowest BCUT2D eigenvalue weighted by Crippen LogP contribution is -2.39. The average molecular weight is 407 g/mol. The molecule has 0 radical (unpaired) electrons. The van der Waals surface area contributed by atoms with Crippen molar-refractivity contribution in [1.82, 2.24) is 9.88 Å². The van der Waals surface area contributed by atoms with Gasteiger partial charge in [-0.3, -0.25) is 4.79 Å². The third-order valence-corrected chi connectivity index (χ3v) is 5.06. The van der Waals surface area contributed by atoms with Gasteiger partial charge in [0, 0.05) is 24.4 Å². The fraction of sp³-hybridized carbons (Fsp3) is 0.524. The first-order valence-electron chi connectivity index (χ1n) is 9.46. The van der Waals surface area contributed by atoms with E-state index in [-0.39, 0.29) is 24.0 Å². The van der Waals surface area contributed by atoms with Crippen molar-refractivity contribution in [1.29, 1.82) is 0 Å². The van der Waals surface area contributed by atoms with Gasteiger partial charge < -0.3 is 18.8 Å². The minimum Gasteiger partial charge on any atom is -0.440 e. The zero-order valence-corrected chi connectivity index (χ0v) is 17.6. The Morgan fingerprint density at radius 2 is 2.21 bits per heavy atom. The number of hydrogen-bond acceptors (Lipinski definition) is 5. The van der Waals surface area contributed by atoms with Crippen LogP contribution in [0.1, 0.15) is 33.6 Å². The molecule has 0 spiro atoms. The molecule has 1 amide bonds. The van der Waals surface area contributed by atoms with Gasteiger partial charge in [-0.2, -0.15) is 4.98 Å². The van der Waals surface area contributed by atoms with Crippen LogP contribution >= 0.6 is 11.6 Å². The van der Waals surface area contributed by atoms with E-state index in [9.17, 15) is 4.79 Å². The van der Waals surface area contributed by atoms with Gasteiger partial charge in [-0.25, -0.2) is 0 Å². The SMILES string of the molecule is COCCN(C(=O)COc1nc2cc(Cl)ccc2o1)C1=CC(C)CC(C)(C)C1. The summed E-state index contributed by atoms with van der Waals surface area (Å²) in [5, 5.41) is 0.565. The highest BCUT2D eigenvalue weighted by Crippen LogP contribution is 2.39. The normalized spacial score (nSPS) is 18.8. The molecular weight excluding hydrogens is 380 g/mol. The van der Waals surface area contributed by atoms with Crippen molar-refractivity contribution < 1.29 is 18.7 Å². The summed E-state index contributed by atoms with van der Waals surface area (Å²) in [6.07, 6.45) is 4.18. The summed E-state index contributed by atoms with van der Waals surface area (Å²) in [4.78, 5) is 18.9. The zero-order chi connectivity index (χ0) is 20.3. The average Bonchev–Trinajstić information content (AvgIpc) is 3.00. The lowest BCUT2D eigenvalue weighted by atomic mass is 9.75. The molecule has 0 N–H and O–H groups in total. The van der Waals surface area contributed by atoms with Gasteiger partial charge >= 0.3 is 6.08 Å². The Labute approximate surface area is 170 Å². The van der Waals surface area contributed by atoms with E-state index in [1.807, 2.05) is 0 Å². The second-order valence-electron chi connectivity index (χ2n) is 8.10. The summed E-state index contributed by atoms with van der Waals surface area (Å²) in [6.45, 7) is 7.43. The molecule has 0 aliphatic heterocycles. The number of nitrogens with zero attached hydrogens (tertiary/aromatic N) is 2. The second-order valence-corrected chi connectivity index (χ2v) is 8.54. The molecule has 7 heteroatoms. The summed E-state index contributed by atoms with van der Waals surface area (Å²) < 4.78 is 16.3. The van der Waals surface area contributed by atoms with Gasteiger partial charge in [-0.15, -0.1) is 0 Å². The van der Waals surface area contributed by atoms with E-state index >= 15 is 0 Å². The Hall–Kier alpha value is -2.05. The van der Waals surface area contributed by atoms with Crippen LogP contribution in [0, 0.1) is 11.3 Å². The molecule has 0 saturated carbocycles. The highest BCUT2D eigenvalue weighted by Gasteiger charge is 2.31. The number of carbonyl (C=O) groups excluding carboxylic acids is 1. The van der Waals surface area contributed by atoms with Crippen molar-refractivity contribution in [2.45, 2.75) is 33.6 Å². The maximum atomic E-state index is 12.9. The van der Waals surface area contributed by atoms with E-state index in [4.69, 9.17) is 25.5 Å². The van der Waals surface area contributed by atoms with Gasteiger partial charge in [0.05, 0.1) is 6.61 Å². The predicted molar refractivity (Wildman–Crippen MR) is 108 cm³/mol. The fourth-order valence-corrected chi connectivity index (χ4v) is 3.99. The van der Waals surface area contributed by atoms with Crippen LogP contribution in [0.5, 0.6) is 6.08 Å². The maximum absolute atomic E-state index is 12.9. The lowest BCUT2D eigenvalue weighted by molar-refractivity contribution is -0.132. The molecule has 6 nitrogen and oxygen atoms in total. The Kier molecular flexibility index (Phi) is 6.30. The van der Waals surface area contributed by atoms with Crippen LogP contribution in [-0.2, 0) is 9.53 Å². The number of rotatable bonds is 7. The molecule has 1 atom stereocenters. The molecule has 1 aromatic carbocycles. The third kappa shape index (κ3) is 5.06. The predicted octanol–water partition coefficient (Wildman–Crippen LogP) is 4.68. The minimum atomic E-state index is -0.156. The van der Waals surface area contributed by atoms with E-state index in [1.54, 1.807) is 30.2 Å². The molecule has 152 valence electrons. The quantitative estimate of drug-likeness (QED) is 0.668. The third-order valence-electron chi connectivity index (χ3n) is 4.83. The molecule has 28 heavy (non-hydrogen) atoms. The number of hydrogen-bond donors (Lipinski definition) is 0. The molecule has 3 rings (SSSR count). The molecule has 1 aromatic heterocycles.